The highest BCUT2D eigenvalue weighted by Gasteiger charge is 2.58. The number of aryl methyl sites for hydroxylation is 2. The summed E-state index contributed by atoms with van der Waals surface area (Å²) in [6.45, 7) is 5.27. The predicted molar refractivity (Wildman–Crippen MR) is 103 cm³/mol. The van der Waals surface area contributed by atoms with E-state index in [9.17, 15) is 14.4 Å². The van der Waals surface area contributed by atoms with Gasteiger partial charge in [0.25, 0.3) is 5.91 Å². The molecule has 0 radical (unpaired) electrons. The number of hydrazone groups is 1. The van der Waals surface area contributed by atoms with Crippen molar-refractivity contribution in [2.45, 2.75) is 26.8 Å². The third-order valence-corrected chi connectivity index (χ3v) is 5.00. The largest absolute Gasteiger partial charge is 0.293 e. The lowest BCUT2D eigenvalue weighted by Crippen LogP contribution is -2.39. The zero-order valence-electron chi connectivity index (χ0n) is 15.3. The highest BCUT2D eigenvalue weighted by atomic mass is 16.2. The molecule has 2 heterocycles. The van der Waals surface area contributed by atoms with Crippen LogP contribution in [0, 0.1) is 19.8 Å². The Labute approximate surface area is 157 Å². The molecule has 2 aromatic rings. The third-order valence-electron chi connectivity index (χ3n) is 5.00. The fourth-order valence-electron chi connectivity index (χ4n) is 3.56. The SMILES string of the molecule is CC(=O)C1=NN(c2ccc(C)cc2)[C@@H]2C(=O)N(c3ccc(C)cc3)C(=O)[C@@H]12. The first-order valence-electron chi connectivity index (χ1n) is 8.78. The topological polar surface area (TPSA) is 70.1 Å². The van der Waals surface area contributed by atoms with Crippen molar-refractivity contribution in [2.24, 2.45) is 11.0 Å². The van der Waals surface area contributed by atoms with Crippen molar-refractivity contribution in [3.8, 4) is 0 Å². The Hall–Kier alpha value is -3.28. The number of hydrogen-bond donors (Lipinski definition) is 0. The lowest BCUT2D eigenvalue weighted by atomic mass is 9.95. The van der Waals surface area contributed by atoms with Gasteiger partial charge >= 0.3 is 0 Å². The standard InChI is InChI=1S/C21H19N3O3/c1-12-4-8-15(9-5-12)23-20(26)17-18(14(3)25)22-24(19(17)21(23)27)16-10-6-13(2)7-11-16/h4-11,17,19H,1-3H3/t17-,19-/m0/s1. The fourth-order valence-corrected chi connectivity index (χ4v) is 3.56. The summed E-state index contributed by atoms with van der Waals surface area (Å²) in [5.41, 5.74) is 3.43. The van der Waals surface area contributed by atoms with Gasteiger partial charge < -0.3 is 0 Å². The molecule has 2 atom stereocenters. The van der Waals surface area contributed by atoms with Crippen LogP contribution < -0.4 is 9.91 Å². The van der Waals surface area contributed by atoms with Gasteiger partial charge in [-0.15, -0.1) is 0 Å². The van der Waals surface area contributed by atoms with E-state index in [1.54, 1.807) is 12.1 Å². The van der Waals surface area contributed by atoms with Crippen molar-refractivity contribution in [1.29, 1.82) is 0 Å². The van der Waals surface area contributed by atoms with E-state index in [1.807, 2.05) is 50.2 Å². The quantitative estimate of drug-likeness (QED) is 0.788. The minimum absolute atomic E-state index is 0.133. The molecule has 2 aliphatic heterocycles. The van der Waals surface area contributed by atoms with Gasteiger partial charge in [0.1, 0.15) is 17.7 Å². The van der Waals surface area contributed by atoms with E-state index in [1.165, 1.54) is 16.8 Å². The number of Topliss-reactive ketones (excluding diaryl/α,β-unsaturated/α-hetero) is 1. The Morgan fingerprint density at radius 1 is 0.852 bits per heavy atom. The maximum Gasteiger partial charge on any atom is 0.259 e. The first-order chi connectivity index (χ1) is 12.9. The molecule has 0 unspecified atom stereocenters. The average Bonchev–Trinajstić information content (AvgIpc) is 3.15. The number of carbonyl (C=O) groups excluding carboxylic acids is 3. The van der Waals surface area contributed by atoms with E-state index < -0.39 is 17.9 Å². The van der Waals surface area contributed by atoms with Gasteiger partial charge in [-0.25, -0.2) is 4.90 Å². The van der Waals surface area contributed by atoms with Gasteiger partial charge in [0.05, 0.1) is 11.4 Å². The van der Waals surface area contributed by atoms with Crippen molar-refractivity contribution in [1.82, 2.24) is 0 Å². The van der Waals surface area contributed by atoms with E-state index in [-0.39, 0.29) is 17.4 Å². The Morgan fingerprint density at radius 3 is 1.89 bits per heavy atom. The molecular weight excluding hydrogens is 342 g/mol. The molecule has 136 valence electrons. The molecule has 0 spiro atoms. The predicted octanol–water partition coefficient (Wildman–Crippen LogP) is 2.63. The minimum Gasteiger partial charge on any atom is -0.293 e. The van der Waals surface area contributed by atoms with Gasteiger partial charge in [0, 0.05) is 6.92 Å². The van der Waals surface area contributed by atoms with Crippen LogP contribution in [0.4, 0.5) is 11.4 Å². The molecule has 1 saturated heterocycles. The molecule has 0 aliphatic carbocycles. The van der Waals surface area contributed by atoms with E-state index in [2.05, 4.69) is 5.10 Å². The number of benzene rings is 2. The number of carbonyl (C=O) groups is 3. The zero-order chi connectivity index (χ0) is 19.3. The summed E-state index contributed by atoms with van der Waals surface area (Å²) < 4.78 is 0. The molecular formula is C21H19N3O3. The third kappa shape index (κ3) is 2.65. The van der Waals surface area contributed by atoms with Crippen molar-refractivity contribution in [3.05, 3.63) is 59.7 Å². The van der Waals surface area contributed by atoms with E-state index in [0.717, 1.165) is 11.1 Å². The first kappa shape index (κ1) is 17.1. The van der Waals surface area contributed by atoms with Gasteiger partial charge in [-0.05, 0) is 38.1 Å². The van der Waals surface area contributed by atoms with E-state index in [0.29, 0.717) is 11.4 Å². The van der Waals surface area contributed by atoms with Gasteiger partial charge in [-0.2, -0.15) is 5.10 Å². The Kier molecular flexibility index (Phi) is 3.91. The monoisotopic (exact) mass is 361 g/mol. The van der Waals surface area contributed by atoms with Crippen molar-refractivity contribution >= 4 is 34.7 Å². The van der Waals surface area contributed by atoms with Crippen LogP contribution in [-0.4, -0.2) is 29.4 Å². The molecule has 4 rings (SSSR count). The van der Waals surface area contributed by atoms with Crippen molar-refractivity contribution < 1.29 is 14.4 Å². The summed E-state index contributed by atoms with van der Waals surface area (Å²) in [4.78, 5) is 39.5. The van der Waals surface area contributed by atoms with Crippen LogP contribution in [0.15, 0.2) is 53.6 Å². The van der Waals surface area contributed by atoms with Crippen LogP contribution in [0.5, 0.6) is 0 Å². The molecule has 6 heteroatoms. The summed E-state index contributed by atoms with van der Waals surface area (Å²) >= 11 is 0. The molecule has 0 bridgehead atoms. The van der Waals surface area contributed by atoms with Gasteiger partial charge in [0.2, 0.25) is 5.91 Å². The Morgan fingerprint density at radius 2 is 1.37 bits per heavy atom. The Balaban J connectivity index is 1.79. The van der Waals surface area contributed by atoms with Crippen LogP contribution in [0.25, 0.3) is 0 Å². The minimum atomic E-state index is -0.877. The summed E-state index contributed by atoms with van der Waals surface area (Å²) in [7, 11) is 0. The smallest absolute Gasteiger partial charge is 0.259 e. The second-order valence-electron chi connectivity index (χ2n) is 6.99. The molecule has 0 saturated carbocycles. The molecule has 2 aromatic carbocycles. The average molecular weight is 361 g/mol. The van der Waals surface area contributed by atoms with Crippen LogP contribution in [0.1, 0.15) is 18.1 Å². The summed E-state index contributed by atoms with van der Waals surface area (Å²) in [5.74, 6) is -1.95. The number of nitrogens with zero attached hydrogens (tertiary/aromatic N) is 3. The number of ketones is 1. The maximum atomic E-state index is 13.2. The molecule has 27 heavy (non-hydrogen) atoms. The first-order valence-corrected chi connectivity index (χ1v) is 8.78. The van der Waals surface area contributed by atoms with Crippen molar-refractivity contribution in [2.75, 3.05) is 9.91 Å². The lowest BCUT2D eigenvalue weighted by Gasteiger charge is -2.22. The molecule has 2 aliphatic rings. The zero-order valence-corrected chi connectivity index (χ0v) is 15.3. The highest BCUT2D eigenvalue weighted by Crippen LogP contribution is 2.37. The van der Waals surface area contributed by atoms with Gasteiger partial charge in [-0.1, -0.05) is 35.4 Å². The lowest BCUT2D eigenvalue weighted by molar-refractivity contribution is -0.122. The van der Waals surface area contributed by atoms with Gasteiger partial charge in [0.15, 0.2) is 5.78 Å². The van der Waals surface area contributed by atoms with E-state index >= 15 is 0 Å². The summed E-state index contributed by atoms with van der Waals surface area (Å²) in [5, 5.41) is 5.86. The fraction of sp³-hybridized carbons (Fsp3) is 0.238. The number of amides is 2. The molecule has 6 nitrogen and oxygen atoms in total. The van der Waals surface area contributed by atoms with Crippen molar-refractivity contribution in [3.63, 3.8) is 0 Å². The molecule has 1 fully saturated rings. The van der Waals surface area contributed by atoms with Gasteiger partial charge in [-0.3, -0.25) is 19.4 Å². The molecule has 0 N–H and O–H groups in total. The van der Waals surface area contributed by atoms with Crippen LogP contribution >= 0.6 is 0 Å². The number of imide groups is 1. The number of anilines is 2. The normalized spacial score (nSPS) is 21.5. The summed E-state index contributed by atoms with van der Waals surface area (Å²) in [6.07, 6.45) is 0. The van der Waals surface area contributed by atoms with Crippen LogP contribution in [-0.2, 0) is 14.4 Å². The number of hydrogen-bond acceptors (Lipinski definition) is 5. The molecule has 2 amide bonds. The second-order valence-corrected chi connectivity index (χ2v) is 6.99. The molecule has 0 aromatic heterocycles. The Bertz CT molecular complexity index is 977. The van der Waals surface area contributed by atoms with E-state index in [4.69, 9.17) is 0 Å². The highest BCUT2D eigenvalue weighted by molar-refractivity contribution is 6.48. The van der Waals surface area contributed by atoms with Crippen LogP contribution in [0.2, 0.25) is 0 Å². The summed E-state index contributed by atoms with van der Waals surface area (Å²) in [6, 6.07) is 13.8. The number of fused-ring (bicyclic) bond motifs is 1. The maximum absolute atomic E-state index is 13.2. The second kappa shape index (κ2) is 6.16. The van der Waals surface area contributed by atoms with Crippen LogP contribution in [0.3, 0.4) is 0 Å². The number of rotatable bonds is 3.